The second kappa shape index (κ2) is 8.72. The first-order chi connectivity index (χ1) is 11.5. The van der Waals surface area contributed by atoms with Gasteiger partial charge in [0.25, 0.3) is 0 Å². The number of carbonyl (C=O) groups is 1. The lowest BCUT2D eigenvalue weighted by atomic mass is 9.97. The summed E-state index contributed by atoms with van der Waals surface area (Å²) in [6.07, 6.45) is 4.46. The molecule has 1 saturated carbocycles. The Morgan fingerprint density at radius 1 is 1.21 bits per heavy atom. The van der Waals surface area contributed by atoms with Crippen molar-refractivity contribution in [2.24, 2.45) is 5.73 Å². The highest BCUT2D eigenvalue weighted by atomic mass is 79.9. The van der Waals surface area contributed by atoms with Crippen LogP contribution in [0.4, 0.5) is 0 Å². The Morgan fingerprint density at radius 2 is 1.79 bits per heavy atom. The number of nitrogens with two attached hydrogens (primary N) is 1. The molecule has 2 rings (SSSR count). The molecule has 1 aliphatic rings. The summed E-state index contributed by atoms with van der Waals surface area (Å²) in [6.45, 7) is 5.45. The van der Waals surface area contributed by atoms with E-state index in [1.807, 2.05) is 26.0 Å². The molecular formula is C18H27BrN2O3. The number of carbonyl (C=O) groups excluding carboxylic acids is 1. The average Bonchev–Trinajstić information content (AvgIpc) is 3.01. The van der Waals surface area contributed by atoms with Crippen LogP contribution in [0.5, 0.6) is 11.5 Å². The molecule has 0 radical (unpaired) electrons. The zero-order valence-corrected chi connectivity index (χ0v) is 16.1. The van der Waals surface area contributed by atoms with E-state index in [2.05, 4.69) is 21.2 Å². The zero-order chi connectivity index (χ0) is 17.6. The van der Waals surface area contributed by atoms with E-state index < -0.39 is 0 Å². The van der Waals surface area contributed by atoms with Gasteiger partial charge in [-0.1, -0.05) is 28.8 Å². The minimum absolute atomic E-state index is 0.00495. The zero-order valence-electron chi connectivity index (χ0n) is 14.5. The van der Waals surface area contributed by atoms with Crippen molar-refractivity contribution in [2.45, 2.75) is 51.5 Å². The normalized spacial score (nSPS) is 16.0. The third kappa shape index (κ3) is 4.63. The Bertz CT molecular complexity index is 572. The molecule has 1 amide bonds. The van der Waals surface area contributed by atoms with Crippen LogP contribution in [0.15, 0.2) is 16.6 Å². The number of ether oxygens (including phenoxy) is 2. The van der Waals surface area contributed by atoms with Crippen LogP contribution in [0, 0.1) is 0 Å². The lowest BCUT2D eigenvalue weighted by molar-refractivity contribution is -0.122. The Labute approximate surface area is 152 Å². The van der Waals surface area contributed by atoms with E-state index in [9.17, 15) is 4.79 Å². The largest absolute Gasteiger partial charge is 0.490 e. The Morgan fingerprint density at radius 3 is 2.33 bits per heavy atom. The fraction of sp³-hybridized carbons (Fsp3) is 0.611. The van der Waals surface area contributed by atoms with E-state index >= 15 is 0 Å². The molecule has 0 bridgehead atoms. The molecule has 1 aliphatic carbocycles. The van der Waals surface area contributed by atoms with Crippen LogP contribution in [-0.4, -0.2) is 31.2 Å². The first kappa shape index (κ1) is 19.1. The molecule has 0 aliphatic heterocycles. The fourth-order valence-electron chi connectivity index (χ4n) is 3.19. The molecule has 134 valence electrons. The van der Waals surface area contributed by atoms with E-state index in [4.69, 9.17) is 15.2 Å². The number of benzene rings is 1. The highest BCUT2D eigenvalue weighted by Crippen LogP contribution is 2.34. The second-order valence-electron chi connectivity index (χ2n) is 6.17. The maximum atomic E-state index is 12.5. The standard InChI is InChI=1S/C18H27BrN2O3/c1-3-23-15-9-13(14(19)11-16(15)24-4-2)10-17(22)21-18(12-20)7-5-6-8-18/h9,11H,3-8,10,12,20H2,1-2H3,(H,21,22). The number of nitrogens with one attached hydrogen (secondary N) is 1. The van der Waals surface area contributed by atoms with E-state index in [0.717, 1.165) is 35.7 Å². The van der Waals surface area contributed by atoms with Gasteiger partial charge in [0.15, 0.2) is 11.5 Å². The third-order valence-corrected chi connectivity index (χ3v) is 5.16. The van der Waals surface area contributed by atoms with Crippen LogP contribution in [0.25, 0.3) is 0 Å². The van der Waals surface area contributed by atoms with Crippen molar-refractivity contribution in [3.05, 3.63) is 22.2 Å². The smallest absolute Gasteiger partial charge is 0.224 e. The number of rotatable bonds is 8. The average molecular weight is 399 g/mol. The maximum absolute atomic E-state index is 12.5. The molecular weight excluding hydrogens is 372 g/mol. The lowest BCUT2D eigenvalue weighted by Crippen LogP contribution is -2.52. The van der Waals surface area contributed by atoms with Gasteiger partial charge in [-0.25, -0.2) is 0 Å². The van der Waals surface area contributed by atoms with E-state index in [-0.39, 0.29) is 17.9 Å². The molecule has 1 fully saturated rings. The van der Waals surface area contributed by atoms with Crippen molar-refractivity contribution in [3.8, 4) is 11.5 Å². The van der Waals surface area contributed by atoms with Crippen LogP contribution in [-0.2, 0) is 11.2 Å². The van der Waals surface area contributed by atoms with Crippen LogP contribution in [0.1, 0.15) is 45.1 Å². The SMILES string of the molecule is CCOc1cc(Br)c(CC(=O)NC2(CN)CCCC2)cc1OCC. The van der Waals surface area contributed by atoms with Crippen molar-refractivity contribution in [2.75, 3.05) is 19.8 Å². The highest BCUT2D eigenvalue weighted by molar-refractivity contribution is 9.10. The van der Waals surface area contributed by atoms with Crippen molar-refractivity contribution in [1.29, 1.82) is 0 Å². The van der Waals surface area contributed by atoms with Crippen LogP contribution >= 0.6 is 15.9 Å². The maximum Gasteiger partial charge on any atom is 0.224 e. The quantitative estimate of drug-likeness (QED) is 0.704. The van der Waals surface area contributed by atoms with Gasteiger partial charge in [-0.15, -0.1) is 0 Å². The number of hydrogen-bond acceptors (Lipinski definition) is 4. The number of amides is 1. The summed E-state index contributed by atoms with van der Waals surface area (Å²) in [5, 5.41) is 3.15. The molecule has 1 aromatic carbocycles. The Kier molecular flexibility index (Phi) is 6.92. The highest BCUT2D eigenvalue weighted by Gasteiger charge is 2.33. The molecule has 0 atom stereocenters. The monoisotopic (exact) mass is 398 g/mol. The van der Waals surface area contributed by atoms with Crippen LogP contribution in [0.2, 0.25) is 0 Å². The van der Waals surface area contributed by atoms with Crippen molar-refractivity contribution >= 4 is 21.8 Å². The van der Waals surface area contributed by atoms with Gasteiger partial charge in [0, 0.05) is 11.0 Å². The van der Waals surface area contributed by atoms with Gasteiger partial charge in [0.1, 0.15) is 0 Å². The molecule has 0 saturated heterocycles. The molecule has 0 aromatic heterocycles. The summed E-state index contributed by atoms with van der Waals surface area (Å²) < 4.78 is 12.1. The molecule has 24 heavy (non-hydrogen) atoms. The lowest BCUT2D eigenvalue weighted by Gasteiger charge is -2.28. The first-order valence-electron chi connectivity index (χ1n) is 8.62. The molecule has 0 spiro atoms. The van der Waals surface area contributed by atoms with Gasteiger partial charge < -0.3 is 20.5 Å². The third-order valence-electron chi connectivity index (χ3n) is 4.42. The van der Waals surface area contributed by atoms with E-state index in [0.29, 0.717) is 31.3 Å². The predicted molar refractivity (Wildman–Crippen MR) is 98.6 cm³/mol. The van der Waals surface area contributed by atoms with Crippen molar-refractivity contribution < 1.29 is 14.3 Å². The molecule has 3 N–H and O–H groups in total. The second-order valence-corrected chi connectivity index (χ2v) is 7.03. The van der Waals surface area contributed by atoms with E-state index in [1.54, 1.807) is 0 Å². The van der Waals surface area contributed by atoms with Crippen molar-refractivity contribution in [1.82, 2.24) is 5.32 Å². The molecule has 0 heterocycles. The van der Waals surface area contributed by atoms with Crippen molar-refractivity contribution in [3.63, 3.8) is 0 Å². The molecule has 0 unspecified atom stereocenters. The minimum Gasteiger partial charge on any atom is -0.490 e. The molecule has 5 nitrogen and oxygen atoms in total. The topological polar surface area (TPSA) is 73.6 Å². The summed E-state index contributed by atoms with van der Waals surface area (Å²) in [7, 11) is 0. The fourth-order valence-corrected chi connectivity index (χ4v) is 3.66. The summed E-state index contributed by atoms with van der Waals surface area (Å²) in [4.78, 5) is 12.5. The van der Waals surface area contributed by atoms with Gasteiger partial charge >= 0.3 is 0 Å². The Hall–Kier alpha value is -1.27. The number of hydrogen-bond donors (Lipinski definition) is 2. The summed E-state index contributed by atoms with van der Waals surface area (Å²) >= 11 is 3.53. The van der Waals surface area contributed by atoms with E-state index in [1.165, 1.54) is 0 Å². The minimum atomic E-state index is -0.225. The van der Waals surface area contributed by atoms with Crippen LogP contribution in [0.3, 0.4) is 0 Å². The van der Waals surface area contributed by atoms with Gasteiger partial charge in [-0.05, 0) is 44.4 Å². The molecule has 1 aromatic rings. The molecule has 6 heteroatoms. The van der Waals surface area contributed by atoms with Gasteiger partial charge in [0.2, 0.25) is 5.91 Å². The predicted octanol–water partition coefficient (Wildman–Crippen LogP) is 3.18. The summed E-state index contributed by atoms with van der Waals surface area (Å²) in [6, 6.07) is 3.74. The van der Waals surface area contributed by atoms with Crippen LogP contribution < -0.4 is 20.5 Å². The number of halogens is 1. The summed E-state index contributed by atoms with van der Waals surface area (Å²) in [5.41, 5.74) is 6.55. The van der Waals surface area contributed by atoms with Gasteiger partial charge in [0.05, 0.1) is 25.2 Å². The first-order valence-corrected chi connectivity index (χ1v) is 9.42. The van der Waals surface area contributed by atoms with Gasteiger partial charge in [-0.2, -0.15) is 0 Å². The Balaban J connectivity index is 2.13. The summed E-state index contributed by atoms with van der Waals surface area (Å²) in [5.74, 6) is 1.35. The van der Waals surface area contributed by atoms with Gasteiger partial charge in [-0.3, -0.25) is 4.79 Å².